The van der Waals surface area contributed by atoms with Crippen molar-refractivity contribution in [1.29, 1.82) is 0 Å². The average Bonchev–Trinajstić information content (AvgIpc) is 2.31. The second-order valence-corrected chi connectivity index (χ2v) is 2.62. The summed E-state index contributed by atoms with van der Waals surface area (Å²) in [5.41, 5.74) is 6.58. The van der Waals surface area contributed by atoms with Crippen LogP contribution in [0.4, 0.5) is 0 Å². The Morgan fingerprint density at radius 3 is 3.00 bits per heavy atom. The smallest absolute Gasteiger partial charge is 0.0958 e. The summed E-state index contributed by atoms with van der Waals surface area (Å²) in [5, 5.41) is 6.50. The van der Waals surface area contributed by atoms with Crippen LogP contribution in [0.15, 0.2) is 11.9 Å². The lowest BCUT2D eigenvalue weighted by Crippen LogP contribution is -2.32. The van der Waals surface area contributed by atoms with E-state index in [9.17, 15) is 0 Å². The Morgan fingerprint density at radius 1 is 1.70 bits per heavy atom. The van der Waals surface area contributed by atoms with E-state index in [2.05, 4.69) is 17.6 Å². The first-order valence-corrected chi connectivity index (χ1v) is 3.72. The number of allylic oxidation sites excluding steroid dienone is 1. The van der Waals surface area contributed by atoms with Crippen molar-refractivity contribution >= 4 is 0 Å². The minimum absolute atomic E-state index is 0.420. The molecule has 0 amide bonds. The van der Waals surface area contributed by atoms with Gasteiger partial charge in [-0.2, -0.15) is 0 Å². The van der Waals surface area contributed by atoms with Gasteiger partial charge in [0.1, 0.15) is 0 Å². The van der Waals surface area contributed by atoms with Gasteiger partial charge in [0.2, 0.25) is 0 Å². The van der Waals surface area contributed by atoms with Gasteiger partial charge in [0.15, 0.2) is 0 Å². The molecule has 1 rings (SSSR count). The molecule has 0 spiro atoms. The van der Waals surface area contributed by atoms with Crippen molar-refractivity contribution in [3.8, 4) is 0 Å². The molecule has 0 aromatic rings. The second kappa shape index (κ2) is 3.46. The lowest BCUT2D eigenvalue weighted by atomic mass is 10.2. The van der Waals surface area contributed by atoms with Gasteiger partial charge in [-0.3, -0.25) is 0 Å². The lowest BCUT2D eigenvalue weighted by molar-refractivity contribution is 0.504. The molecule has 1 unspecified atom stereocenters. The molecule has 0 aromatic carbocycles. The van der Waals surface area contributed by atoms with Gasteiger partial charge in [-0.1, -0.05) is 0 Å². The summed E-state index contributed by atoms with van der Waals surface area (Å²) in [5.74, 6) is 0. The van der Waals surface area contributed by atoms with Gasteiger partial charge in [-0.05, 0) is 26.3 Å². The van der Waals surface area contributed by atoms with E-state index in [4.69, 9.17) is 5.73 Å². The lowest BCUT2D eigenvalue weighted by Gasteiger charge is -2.11. The van der Waals surface area contributed by atoms with Crippen LogP contribution in [0.5, 0.6) is 0 Å². The summed E-state index contributed by atoms with van der Waals surface area (Å²) in [4.78, 5) is 0. The quantitative estimate of drug-likeness (QED) is 0.522. The van der Waals surface area contributed by atoms with Gasteiger partial charge in [0.05, 0.1) is 6.17 Å². The highest BCUT2D eigenvalue weighted by Crippen LogP contribution is 2.01. The Kier molecular flexibility index (Phi) is 2.57. The van der Waals surface area contributed by atoms with Crippen LogP contribution in [0.3, 0.4) is 0 Å². The molecule has 10 heavy (non-hydrogen) atoms. The van der Waals surface area contributed by atoms with Gasteiger partial charge in [0.25, 0.3) is 0 Å². The highest BCUT2D eigenvalue weighted by atomic mass is 15.2. The molecule has 0 aromatic heterocycles. The molecular weight excluding hydrogens is 126 g/mol. The molecule has 0 bridgehead atoms. The Bertz CT molecular complexity index is 131. The van der Waals surface area contributed by atoms with E-state index >= 15 is 0 Å². The van der Waals surface area contributed by atoms with Crippen LogP contribution in [-0.4, -0.2) is 12.7 Å². The van der Waals surface area contributed by atoms with E-state index in [1.54, 1.807) is 0 Å². The molecular formula is C7H15N3. The van der Waals surface area contributed by atoms with Crippen LogP contribution in [-0.2, 0) is 0 Å². The van der Waals surface area contributed by atoms with Gasteiger partial charge in [0, 0.05) is 11.9 Å². The SMILES string of the molecule is CC1=CNC(CCCN)N1. The van der Waals surface area contributed by atoms with E-state index in [1.807, 2.05) is 6.20 Å². The fourth-order valence-corrected chi connectivity index (χ4v) is 1.06. The third kappa shape index (κ3) is 1.92. The minimum atomic E-state index is 0.420. The molecule has 0 fully saturated rings. The van der Waals surface area contributed by atoms with Crippen LogP contribution < -0.4 is 16.4 Å². The molecule has 0 radical (unpaired) electrons. The van der Waals surface area contributed by atoms with Crippen molar-refractivity contribution in [3.05, 3.63) is 11.9 Å². The summed E-state index contributed by atoms with van der Waals surface area (Å²) in [6.45, 7) is 2.83. The Morgan fingerprint density at radius 2 is 2.50 bits per heavy atom. The van der Waals surface area contributed by atoms with E-state index in [1.165, 1.54) is 5.70 Å². The molecule has 3 heteroatoms. The van der Waals surface area contributed by atoms with E-state index in [0.717, 1.165) is 19.4 Å². The Labute approximate surface area is 61.7 Å². The molecule has 1 atom stereocenters. The molecule has 1 aliphatic heterocycles. The molecule has 4 N–H and O–H groups in total. The van der Waals surface area contributed by atoms with Crippen LogP contribution in [0.1, 0.15) is 19.8 Å². The van der Waals surface area contributed by atoms with Crippen LogP contribution >= 0.6 is 0 Å². The predicted octanol–water partition coefficient (Wildman–Crippen LogP) is 0.106. The fourth-order valence-electron chi connectivity index (χ4n) is 1.06. The Hall–Kier alpha value is -0.700. The van der Waals surface area contributed by atoms with Crippen LogP contribution in [0, 0.1) is 0 Å². The highest BCUT2D eigenvalue weighted by Gasteiger charge is 2.09. The van der Waals surface area contributed by atoms with Crippen molar-refractivity contribution in [1.82, 2.24) is 10.6 Å². The number of nitrogens with two attached hydrogens (primary N) is 1. The van der Waals surface area contributed by atoms with Crippen molar-refractivity contribution in [2.75, 3.05) is 6.54 Å². The number of nitrogens with one attached hydrogen (secondary N) is 2. The topological polar surface area (TPSA) is 50.1 Å². The highest BCUT2D eigenvalue weighted by molar-refractivity contribution is 5.02. The third-order valence-corrected chi connectivity index (χ3v) is 1.60. The van der Waals surface area contributed by atoms with Crippen molar-refractivity contribution < 1.29 is 0 Å². The molecule has 58 valence electrons. The first kappa shape index (κ1) is 7.41. The molecule has 1 aliphatic rings. The minimum Gasteiger partial charge on any atom is -0.370 e. The number of rotatable bonds is 3. The average molecular weight is 141 g/mol. The zero-order chi connectivity index (χ0) is 7.40. The maximum Gasteiger partial charge on any atom is 0.0958 e. The summed E-state index contributed by atoms with van der Waals surface area (Å²) in [6, 6.07) is 0. The summed E-state index contributed by atoms with van der Waals surface area (Å²) < 4.78 is 0. The normalized spacial score (nSPS) is 23.4. The summed E-state index contributed by atoms with van der Waals surface area (Å²) >= 11 is 0. The number of hydrogen-bond acceptors (Lipinski definition) is 3. The maximum atomic E-state index is 5.37. The zero-order valence-electron chi connectivity index (χ0n) is 6.35. The monoisotopic (exact) mass is 141 g/mol. The second-order valence-electron chi connectivity index (χ2n) is 2.62. The van der Waals surface area contributed by atoms with E-state index < -0.39 is 0 Å². The molecule has 3 nitrogen and oxygen atoms in total. The van der Waals surface area contributed by atoms with E-state index in [0.29, 0.717) is 6.17 Å². The number of hydrogen-bond donors (Lipinski definition) is 3. The first-order valence-electron chi connectivity index (χ1n) is 3.72. The maximum absolute atomic E-state index is 5.37. The summed E-state index contributed by atoms with van der Waals surface area (Å²) in [7, 11) is 0. The standard InChI is InChI=1S/C7H15N3/c1-6-5-9-7(10-6)3-2-4-8/h5,7,9-10H,2-4,8H2,1H3. The largest absolute Gasteiger partial charge is 0.370 e. The van der Waals surface area contributed by atoms with Crippen LogP contribution in [0.2, 0.25) is 0 Å². The fraction of sp³-hybridized carbons (Fsp3) is 0.714. The van der Waals surface area contributed by atoms with Gasteiger partial charge < -0.3 is 16.4 Å². The predicted molar refractivity (Wildman–Crippen MR) is 42.1 cm³/mol. The van der Waals surface area contributed by atoms with Crippen molar-refractivity contribution in [3.63, 3.8) is 0 Å². The first-order chi connectivity index (χ1) is 4.83. The molecule has 0 aliphatic carbocycles. The molecule has 0 saturated carbocycles. The van der Waals surface area contributed by atoms with E-state index in [-0.39, 0.29) is 0 Å². The zero-order valence-corrected chi connectivity index (χ0v) is 6.35. The van der Waals surface area contributed by atoms with Gasteiger partial charge in [-0.15, -0.1) is 0 Å². The third-order valence-electron chi connectivity index (χ3n) is 1.60. The van der Waals surface area contributed by atoms with Crippen LogP contribution in [0.25, 0.3) is 0 Å². The van der Waals surface area contributed by atoms with Gasteiger partial charge in [-0.25, -0.2) is 0 Å². The molecule has 0 saturated heterocycles. The Balaban J connectivity index is 2.11. The van der Waals surface area contributed by atoms with Gasteiger partial charge >= 0.3 is 0 Å². The molecule has 1 heterocycles. The van der Waals surface area contributed by atoms with Crippen molar-refractivity contribution in [2.45, 2.75) is 25.9 Å². The summed E-state index contributed by atoms with van der Waals surface area (Å²) in [6.07, 6.45) is 4.60. The van der Waals surface area contributed by atoms with Crippen molar-refractivity contribution in [2.24, 2.45) is 5.73 Å².